The van der Waals surface area contributed by atoms with E-state index in [1.165, 1.54) is 11.3 Å². The lowest BCUT2D eigenvalue weighted by Crippen LogP contribution is -2.25. The summed E-state index contributed by atoms with van der Waals surface area (Å²) < 4.78 is 27.8. The molecule has 0 saturated heterocycles. The number of hydrogen-bond donors (Lipinski definition) is 2. The molecule has 0 aliphatic carbocycles. The van der Waals surface area contributed by atoms with Gasteiger partial charge in [-0.3, -0.25) is 0 Å². The fraction of sp³-hybridized carbons (Fsp3) is 0.333. The third kappa shape index (κ3) is 3.68. The van der Waals surface area contributed by atoms with Crippen molar-refractivity contribution in [3.63, 3.8) is 0 Å². The summed E-state index contributed by atoms with van der Waals surface area (Å²) in [6, 6.07) is 5.38. The molecule has 2 aromatic heterocycles. The van der Waals surface area contributed by atoms with Gasteiger partial charge in [-0.05, 0) is 60.0 Å². The molecule has 4 nitrogen and oxygen atoms in total. The van der Waals surface area contributed by atoms with Crippen LogP contribution in [0.3, 0.4) is 0 Å². The number of sulfonamides is 1. The molecule has 2 N–H and O–H groups in total. The number of thiophene rings is 1. The van der Waals surface area contributed by atoms with Crippen LogP contribution in [0.4, 0.5) is 0 Å². The zero-order chi connectivity index (χ0) is 14.0. The number of rotatable bonds is 5. The highest BCUT2D eigenvalue weighted by atomic mass is 79.9. The maximum atomic E-state index is 12.0. The fourth-order valence-electron chi connectivity index (χ4n) is 1.87. The van der Waals surface area contributed by atoms with Crippen molar-refractivity contribution in [3.8, 4) is 0 Å². The van der Waals surface area contributed by atoms with Crippen LogP contribution in [0.2, 0.25) is 0 Å². The minimum atomic E-state index is -3.39. The van der Waals surface area contributed by atoms with E-state index in [1.54, 1.807) is 12.1 Å². The predicted molar refractivity (Wildman–Crippen MR) is 81.2 cm³/mol. The van der Waals surface area contributed by atoms with Crippen LogP contribution in [-0.4, -0.2) is 19.9 Å². The van der Waals surface area contributed by atoms with Crippen LogP contribution in [0.15, 0.2) is 26.2 Å². The molecule has 0 aliphatic rings. The highest BCUT2D eigenvalue weighted by Crippen LogP contribution is 2.25. The molecule has 19 heavy (non-hydrogen) atoms. The molecular formula is C12H15BrN2O2S2. The van der Waals surface area contributed by atoms with E-state index in [9.17, 15) is 8.42 Å². The van der Waals surface area contributed by atoms with Crippen molar-refractivity contribution < 1.29 is 8.42 Å². The Kier molecular flexibility index (Phi) is 4.50. The Morgan fingerprint density at radius 2 is 2.11 bits per heavy atom. The summed E-state index contributed by atoms with van der Waals surface area (Å²) in [4.78, 5) is 3.21. The van der Waals surface area contributed by atoms with Crippen LogP contribution >= 0.6 is 27.3 Å². The monoisotopic (exact) mass is 362 g/mol. The van der Waals surface area contributed by atoms with Gasteiger partial charge in [-0.1, -0.05) is 0 Å². The summed E-state index contributed by atoms with van der Waals surface area (Å²) >= 11 is 4.47. The van der Waals surface area contributed by atoms with Crippen LogP contribution in [0.1, 0.15) is 17.0 Å². The molecule has 0 aliphatic heterocycles. The van der Waals surface area contributed by atoms with Gasteiger partial charge in [0.05, 0.1) is 3.79 Å². The van der Waals surface area contributed by atoms with E-state index in [0.29, 0.717) is 17.2 Å². The zero-order valence-electron chi connectivity index (χ0n) is 10.7. The zero-order valence-corrected chi connectivity index (χ0v) is 13.9. The maximum Gasteiger partial charge on any atom is 0.250 e. The quantitative estimate of drug-likeness (QED) is 0.858. The maximum absolute atomic E-state index is 12.0. The van der Waals surface area contributed by atoms with E-state index >= 15 is 0 Å². The number of aromatic amines is 1. The molecule has 0 amide bonds. The molecule has 0 unspecified atom stereocenters. The number of H-pyrrole nitrogens is 1. The van der Waals surface area contributed by atoms with Crippen molar-refractivity contribution in [3.05, 3.63) is 38.9 Å². The number of aromatic nitrogens is 1. The Labute approximate surface area is 125 Å². The summed E-state index contributed by atoms with van der Waals surface area (Å²) in [6.45, 7) is 4.38. The molecule has 2 rings (SSSR count). The largest absolute Gasteiger partial charge is 0.362 e. The minimum absolute atomic E-state index is 0.335. The molecule has 0 radical (unpaired) electrons. The van der Waals surface area contributed by atoms with Gasteiger partial charge in [-0.25, -0.2) is 13.1 Å². The van der Waals surface area contributed by atoms with Gasteiger partial charge in [0.1, 0.15) is 4.21 Å². The van der Waals surface area contributed by atoms with E-state index in [4.69, 9.17) is 0 Å². The number of hydrogen-bond acceptors (Lipinski definition) is 3. The van der Waals surface area contributed by atoms with Gasteiger partial charge in [-0.15, -0.1) is 11.3 Å². The van der Waals surface area contributed by atoms with Crippen molar-refractivity contribution in [2.45, 2.75) is 24.5 Å². The molecule has 2 heterocycles. The number of nitrogens with one attached hydrogen (secondary N) is 2. The van der Waals surface area contributed by atoms with Crippen molar-refractivity contribution in [2.24, 2.45) is 0 Å². The molecule has 0 atom stereocenters. The summed E-state index contributed by atoms with van der Waals surface area (Å²) in [6.07, 6.45) is 0.682. The van der Waals surface area contributed by atoms with Gasteiger partial charge in [-0.2, -0.15) is 0 Å². The van der Waals surface area contributed by atoms with Crippen molar-refractivity contribution >= 4 is 37.3 Å². The van der Waals surface area contributed by atoms with E-state index in [1.807, 2.05) is 19.9 Å². The Morgan fingerprint density at radius 1 is 1.37 bits per heavy atom. The van der Waals surface area contributed by atoms with Gasteiger partial charge in [0.15, 0.2) is 0 Å². The Bertz CT molecular complexity index is 674. The van der Waals surface area contributed by atoms with E-state index < -0.39 is 10.0 Å². The van der Waals surface area contributed by atoms with Gasteiger partial charge in [0.25, 0.3) is 0 Å². The third-order valence-corrected chi connectivity index (χ3v) is 6.33. The van der Waals surface area contributed by atoms with Gasteiger partial charge < -0.3 is 4.98 Å². The molecular weight excluding hydrogens is 348 g/mol. The molecule has 104 valence electrons. The molecule has 0 bridgehead atoms. The summed E-state index contributed by atoms with van der Waals surface area (Å²) in [7, 11) is -3.39. The predicted octanol–water partition coefficient (Wildman–Crippen LogP) is 2.98. The first-order valence-corrected chi connectivity index (χ1v) is 8.88. The summed E-state index contributed by atoms with van der Waals surface area (Å²) in [5.74, 6) is 0. The van der Waals surface area contributed by atoms with Crippen LogP contribution in [0.25, 0.3) is 0 Å². The standard InChI is InChI=1S/C12H15BrN2O2S2/c1-8-7-10(9(2)15-8)5-6-14-19(16,17)12-4-3-11(13)18-12/h3-4,7,14-15H,5-6H2,1-2H3. The second kappa shape index (κ2) is 5.78. The van der Waals surface area contributed by atoms with Crippen LogP contribution in [0.5, 0.6) is 0 Å². The van der Waals surface area contributed by atoms with Crippen LogP contribution in [0, 0.1) is 13.8 Å². The van der Waals surface area contributed by atoms with Gasteiger partial charge >= 0.3 is 0 Å². The van der Waals surface area contributed by atoms with Crippen LogP contribution in [-0.2, 0) is 16.4 Å². The highest BCUT2D eigenvalue weighted by molar-refractivity contribution is 9.11. The second-order valence-corrected chi connectivity index (χ2v) is 8.77. The average Bonchev–Trinajstić information content (AvgIpc) is 2.86. The number of halogens is 1. The lowest BCUT2D eigenvalue weighted by molar-refractivity contribution is 0.583. The molecule has 0 fully saturated rings. The Balaban J connectivity index is 1.97. The SMILES string of the molecule is Cc1cc(CCNS(=O)(=O)c2ccc(Br)s2)c(C)[nH]1. The van der Waals surface area contributed by atoms with E-state index in [2.05, 4.69) is 25.6 Å². The van der Waals surface area contributed by atoms with Crippen molar-refractivity contribution in [1.29, 1.82) is 0 Å². The minimum Gasteiger partial charge on any atom is -0.362 e. The van der Waals surface area contributed by atoms with Crippen molar-refractivity contribution in [1.82, 2.24) is 9.71 Å². The summed E-state index contributed by atoms with van der Waals surface area (Å²) in [5, 5.41) is 0. The Hall–Kier alpha value is -0.630. The van der Waals surface area contributed by atoms with E-state index in [0.717, 1.165) is 20.7 Å². The normalized spacial score (nSPS) is 11.9. The topological polar surface area (TPSA) is 62.0 Å². The lowest BCUT2D eigenvalue weighted by Gasteiger charge is -2.04. The first kappa shape index (κ1) is 14.8. The fourth-order valence-corrected chi connectivity index (χ4v) is 4.96. The second-order valence-electron chi connectivity index (χ2n) is 4.31. The molecule has 2 aromatic rings. The van der Waals surface area contributed by atoms with Crippen LogP contribution < -0.4 is 4.72 Å². The smallest absolute Gasteiger partial charge is 0.250 e. The molecule has 0 saturated carbocycles. The first-order chi connectivity index (χ1) is 8.88. The first-order valence-electron chi connectivity index (χ1n) is 5.78. The third-order valence-electron chi connectivity index (χ3n) is 2.76. The molecule has 0 aromatic carbocycles. The average molecular weight is 363 g/mol. The lowest BCUT2D eigenvalue weighted by atomic mass is 10.2. The molecule has 7 heteroatoms. The number of aryl methyl sites for hydroxylation is 2. The molecule has 0 spiro atoms. The van der Waals surface area contributed by atoms with E-state index in [-0.39, 0.29) is 0 Å². The van der Waals surface area contributed by atoms with Crippen molar-refractivity contribution in [2.75, 3.05) is 6.54 Å². The summed E-state index contributed by atoms with van der Waals surface area (Å²) in [5.41, 5.74) is 3.33. The Morgan fingerprint density at radius 3 is 2.63 bits per heavy atom. The van der Waals surface area contributed by atoms with Gasteiger partial charge in [0.2, 0.25) is 10.0 Å². The highest BCUT2D eigenvalue weighted by Gasteiger charge is 2.16. The van der Waals surface area contributed by atoms with Gasteiger partial charge in [0, 0.05) is 17.9 Å².